The summed E-state index contributed by atoms with van der Waals surface area (Å²) in [6.45, 7) is 8.26. The third kappa shape index (κ3) is 5.82. The van der Waals surface area contributed by atoms with Crippen LogP contribution in [0.25, 0.3) is 0 Å². The van der Waals surface area contributed by atoms with E-state index in [0.717, 1.165) is 11.1 Å². The second kappa shape index (κ2) is 10.7. The summed E-state index contributed by atoms with van der Waals surface area (Å²) < 4.78 is 7.96. The molecule has 9 nitrogen and oxygen atoms in total. The number of hydrogen-bond donors (Lipinski definition) is 1. The average molecular weight is 490 g/mol. The van der Waals surface area contributed by atoms with E-state index >= 15 is 0 Å². The summed E-state index contributed by atoms with van der Waals surface area (Å²) >= 11 is 7.44. The second-order valence-electron chi connectivity index (χ2n) is 7.33. The number of nitrogens with zero attached hydrogens (tertiary/aromatic N) is 4. The van der Waals surface area contributed by atoms with E-state index in [1.807, 2.05) is 44.4 Å². The van der Waals surface area contributed by atoms with Crippen LogP contribution in [0.4, 0.5) is 11.4 Å². The van der Waals surface area contributed by atoms with Crippen LogP contribution in [-0.2, 0) is 11.3 Å². The normalized spacial score (nSPS) is 11.8. The lowest BCUT2D eigenvalue weighted by atomic mass is 10.1. The maximum atomic E-state index is 12.4. The summed E-state index contributed by atoms with van der Waals surface area (Å²) in [5, 5.41) is 23.5. The Labute approximate surface area is 200 Å². The topological polar surface area (TPSA) is 112 Å². The molecule has 0 fully saturated rings. The Morgan fingerprint density at radius 2 is 1.94 bits per heavy atom. The molecule has 0 bridgehead atoms. The lowest BCUT2D eigenvalue weighted by Gasteiger charge is -2.17. The number of nitrogens with one attached hydrogen (secondary N) is 1. The number of ether oxygens (including phenoxy) is 1. The van der Waals surface area contributed by atoms with Crippen molar-refractivity contribution < 1.29 is 14.5 Å². The molecule has 1 atom stereocenters. The van der Waals surface area contributed by atoms with E-state index in [2.05, 4.69) is 15.5 Å². The summed E-state index contributed by atoms with van der Waals surface area (Å²) in [6.07, 6.45) is -0.382. The summed E-state index contributed by atoms with van der Waals surface area (Å²) in [5.74, 6) is 0.961. The highest BCUT2D eigenvalue weighted by Crippen LogP contribution is 2.30. The Hall–Kier alpha value is -3.11. The van der Waals surface area contributed by atoms with Crippen molar-refractivity contribution in [3.8, 4) is 5.75 Å². The van der Waals surface area contributed by atoms with Gasteiger partial charge in [-0.1, -0.05) is 35.5 Å². The number of aryl methyl sites for hydroxylation is 2. The maximum absolute atomic E-state index is 12.4. The van der Waals surface area contributed by atoms with Gasteiger partial charge in [0, 0.05) is 17.6 Å². The number of nitro benzene ring substituents is 1. The third-order valence-corrected chi connectivity index (χ3v) is 6.42. The molecule has 33 heavy (non-hydrogen) atoms. The van der Waals surface area contributed by atoms with Gasteiger partial charge in [0.05, 0.1) is 10.7 Å². The van der Waals surface area contributed by atoms with E-state index in [1.54, 1.807) is 12.1 Å². The summed E-state index contributed by atoms with van der Waals surface area (Å²) in [4.78, 5) is 23.0. The van der Waals surface area contributed by atoms with Crippen molar-refractivity contribution in [1.82, 2.24) is 14.8 Å². The fourth-order valence-electron chi connectivity index (χ4n) is 3.29. The van der Waals surface area contributed by atoms with Crippen LogP contribution >= 0.6 is 23.4 Å². The minimum absolute atomic E-state index is 0.0228. The molecule has 174 valence electrons. The molecule has 3 aromatic rings. The first-order valence-corrected chi connectivity index (χ1v) is 11.6. The molecule has 0 aliphatic rings. The average Bonchev–Trinajstić information content (AvgIpc) is 3.19. The van der Waals surface area contributed by atoms with Crippen LogP contribution in [0.3, 0.4) is 0 Å². The number of carbonyl (C=O) groups is 1. The van der Waals surface area contributed by atoms with Gasteiger partial charge in [0.25, 0.3) is 5.69 Å². The fourth-order valence-corrected chi connectivity index (χ4v) is 4.21. The van der Waals surface area contributed by atoms with Gasteiger partial charge in [0.2, 0.25) is 5.91 Å². The lowest BCUT2D eigenvalue weighted by molar-refractivity contribution is -0.383. The molecular weight excluding hydrogens is 466 g/mol. The quantitative estimate of drug-likeness (QED) is 0.245. The number of carbonyl (C=O) groups excluding carboxylic acids is 1. The van der Waals surface area contributed by atoms with Gasteiger partial charge >= 0.3 is 0 Å². The molecule has 0 aliphatic carbocycles. The molecule has 1 amide bonds. The van der Waals surface area contributed by atoms with Gasteiger partial charge in [-0.15, -0.1) is 10.2 Å². The maximum Gasteiger partial charge on any atom is 0.292 e. The van der Waals surface area contributed by atoms with Gasteiger partial charge in [-0.2, -0.15) is 0 Å². The van der Waals surface area contributed by atoms with Crippen LogP contribution in [0.15, 0.2) is 41.6 Å². The number of hydrogen-bond acceptors (Lipinski definition) is 7. The number of thioether (sulfide) groups is 1. The Balaban J connectivity index is 1.68. The van der Waals surface area contributed by atoms with Gasteiger partial charge in [-0.05, 0) is 57.0 Å². The number of nitro groups is 1. The van der Waals surface area contributed by atoms with Crippen molar-refractivity contribution in [3.05, 3.63) is 68.5 Å². The second-order valence-corrected chi connectivity index (χ2v) is 8.65. The molecule has 0 aliphatic heterocycles. The Bertz CT molecular complexity index is 1160. The first-order chi connectivity index (χ1) is 15.7. The lowest BCUT2D eigenvalue weighted by Crippen LogP contribution is -2.16. The minimum atomic E-state index is -0.534. The number of anilines is 1. The zero-order valence-corrected chi connectivity index (χ0v) is 20.2. The molecule has 0 radical (unpaired) electrons. The van der Waals surface area contributed by atoms with Crippen molar-refractivity contribution in [3.63, 3.8) is 0 Å². The largest absolute Gasteiger partial charge is 0.483 e. The highest BCUT2D eigenvalue weighted by molar-refractivity contribution is 7.99. The zero-order valence-electron chi connectivity index (χ0n) is 18.7. The van der Waals surface area contributed by atoms with Crippen LogP contribution in [0.2, 0.25) is 5.02 Å². The molecule has 3 rings (SSSR count). The Morgan fingerprint density at radius 1 is 1.27 bits per heavy atom. The zero-order chi connectivity index (χ0) is 24.1. The SMILES string of the molecule is CCn1c(SCC(=O)Nc2ccccc2[N+](=O)[O-])nnc1C(C)Oc1cc(C)c(Cl)c(C)c1. The molecule has 1 aromatic heterocycles. The van der Waals surface area contributed by atoms with Crippen molar-refractivity contribution in [2.24, 2.45) is 0 Å². The van der Waals surface area contributed by atoms with Crippen LogP contribution in [0.1, 0.15) is 36.9 Å². The van der Waals surface area contributed by atoms with Crippen molar-refractivity contribution in [2.45, 2.75) is 45.5 Å². The van der Waals surface area contributed by atoms with Crippen molar-refractivity contribution >= 4 is 40.6 Å². The summed E-state index contributed by atoms with van der Waals surface area (Å²) in [5.41, 5.74) is 1.85. The molecule has 2 aromatic carbocycles. The van der Waals surface area contributed by atoms with Crippen molar-refractivity contribution in [2.75, 3.05) is 11.1 Å². The van der Waals surface area contributed by atoms with Gasteiger partial charge in [-0.3, -0.25) is 14.9 Å². The van der Waals surface area contributed by atoms with Gasteiger partial charge < -0.3 is 14.6 Å². The van der Waals surface area contributed by atoms with Crippen LogP contribution in [0.5, 0.6) is 5.75 Å². The Morgan fingerprint density at radius 3 is 2.58 bits per heavy atom. The van der Waals surface area contributed by atoms with Gasteiger partial charge in [0.15, 0.2) is 17.1 Å². The minimum Gasteiger partial charge on any atom is -0.483 e. The number of amides is 1. The van der Waals surface area contributed by atoms with Crippen LogP contribution in [0, 0.1) is 24.0 Å². The van der Waals surface area contributed by atoms with E-state index in [9.17, 15) is 14.9 Å². The van der Waals surface area contributed by atoms with Crippen LogP contribution in [-0.4, -0.2) is 31.3 Å². The molecule has 0 saturated carbocycles. The van der Waals surface area contributed by atoms with E-state index in [-0.39, 0.29) is 29.1 Å². The molecule has 0 spiro atoms. The fraction of sp³-hybridized carbons (Fsp3) is 0.318. The smallest absolute Gasteiger partial charge is 0.292 e. The summed E-state index contributed by atoms with van der Waals surface area (Å²) in [6, 6.07) is 9.76. The monoisotopic (exact) mass is 489 g/mol. The molecule has 0 saturated heterocycles. The summed E-state index contributed by atoms with van der Waals surface area (Å²) in [7, 11) is 0. The number of para-hydroxylation sites is 2. The molecular formula is C22H24ClN5O4S. The van der Waals surface area contributed by atoms with E-state index in [4.69, 9.17) is 16.3 Å². The Kier molecular flexibility index (Phi) is 7.93. The molecule has 1 unspecified atom stereocenters. The van der Waals surface area contributed by atoms with E-state index in [0.29, 0.717) is 28.3 Å². The molecule has 1 heterocycles. The number of halogens is 1. The van der Waals surface area contributed by atoms with E-state index in [1.165, 1.54) is 23.9 Å². The predicted octanol–water partition coefficient (Wildman–Crippen LogP) is 5.35. The van der Waals surface area contributed by atoms with Crippen LogP contribution < -0.4 is 10.1 Å². The highest BCUT2D eigenvalue weighted by Gasteiger charge is 2.21. The highest BCUT2D eigenvalue weighted by atomic mass is 35.5. The van der Waals surface area contributed by atoms with Gasteiger partial charge in [0.1, 0.15) is 11.4 Å². The number of aromatic nitrogens is 3. The first kappa shape index (κ1) is 24.5. The van der Waals surface area contributed by atoms with Gasteiger partial charge in [-0.25, -0.2) is 0 Å². The third-order valence-electron chi connectivity index (χ3n) is 4.86. The van der Waals surface area contributed by atoms with Crippen molar-refractivity contribution in [1.29, 1.82) is 0 Å². The standard InChI is InChI=1S/C22H24ClN5O4S/c1-5-27-21(15(4)32-16-10-13(2)20(23)14(3)11-16)25-26-22(27)33-12-19(29)24-17-8-6-7-9-18(17)28(30)31/h6-11,15H,5,12H2,1-4H3,(H,24,29). The molecule has 11 heteroatoms. The number of benzene rings is 2. The predicted molar refractivity (Wildman–Crippen MR) is 128 cm³/mol. The number of rotatable bonds is 9. The first-order valence-electron chi connectivity index (χ1n) is 10.2. The molecule has 1 N–H and O–H groups in total. The van der Waals surface area contributed by atoms with E-state index < -0.39 is 4.92 Å².